The van der Waals surface area contributed by atoms with Crippen molar-refractivity contribution in [3.8, 4) is 0 Å². The number of rotatable bonds is 4. The standard InChI is InChI=1S/C8H11N3O4/c1-5(2)8-6(11(14)15)3-9-10(8)4-7(12)13/h3,5H,4H2,1-2H3,(H,12,13). The molecule has 82 valence electrons. The van der Waals surface area contributed by atoms with E-state index in [1.807, 2.05) is 0 Å². The third-order valence-electron chi connectivity index (χ3n) is 1.89. The number of aliphatic carboxylic acids is 1. The number of carboxylic acids is 1. The Morgan fingerprint density at radius 1 is 1.73 bits per heavy atom. The first-order valence-electron chi connectivity index (χ1n) is 4.35. The van der Waals surface area contributed by atoms with Crippen molar-refractivity contribution in [2.75, 3.05) is 0 Å². The van der Waals surface area contributed by atoms with E-state index in [1.165, 1.54) is 0 Å². The van der Waals surface area contributed by atoms with Gasteiger partial charge in [0.25, 0.3) is 0 Å². The van der Waals surface area contributed by atoms with Gasteiger partial charge in [-0.3, -0.25) is 19.6 Å². The molecule has 1 aromatic heterocycles. The third-order valence-corrected chi connectivity index (χ3v) is 1.89. The molecule has 15 heavy (non-hydrogen) atoms. The molecule has 7 nitrogen and oxygen atoms in total. The van der Waals surface area contributed by atoms with Crippen LogP contribution in [0.15, 0.2) is 6.20 Å². The van der Waals surface area contributed by atoms with E-state index in [9.17, 15) is 14.9 Å². The number of aromatic nitrogens is 2. The summed E-state index contributed by atoms with van der Waals surface area (Å²) in [7, 11) is 0. The van der Waals surface area contributed by atoms with Crippen LogP contribution in [0.5, 0.6) is 0 Å². The molecular formula is C8H11N3O4. The van der Waals surface area contributed by atoms with Crippen molar-refractivity contribution in [1.29, 1.82) is 0 Å². The third kappa shape index (κ3) is 2.30. The predicted octanol–water partition coefficient (Wildman–Crippen LogP) is 0.999. The fourth-order valence-electron chi connectivity index (χ4n) is 1.37. The van der Waals surface area contributed by atoms with Crippen LogP contribution >= 0.6 is 0 Å². The fraction of sp³-hybridized carbons (Fsp3) is 0.500. The summed E-state index contributed by atoms with van der Waals surface area (Å²) in [6.45, 7) is 3.14. The molecule has 0 aromatic carbocycles. The van der Waals surface area contributed by atoms with Crippen molar-refractivity contribution in [3.63, 3.8) is 0 Å². The zero-order valence-electron chi connectivity index (χ0n) is 8.38. The largest absolute Gasteiger partial charge is 0.480 e. The molecule has 0 amide bonds. The van der Waals surface area contributed by atoms with Crippen LogP contribution in [0.1, 0.15) is 25.5 Å². The van der Waals surface area contributed by atoms with Gasteiger partial charge in [0.1, 0.15) is 18.4 Å². The summed E-state index contributed by atoms with van der Waals surface area (Å²) in [5.74, 6) is -1.22. The Balaban J connectivity index is 3.17. The summed E-state index contributed by atoms with van der Waals surface area (Å²) in [6, 6.07) is 0. The molecule has 0 unspecified atom stereocenters. The lowest BCUT2D eigenvalue weighted by atomic mass is 10.1. The van der Waals surface area contributed by atoms with Crippen molar-refractivity contribution >= 4 is 11.7 Å². The van der Waals surface area contributed by atoms with Crippen molar-refractivity contribution in [2.24, 2.45) is 0 Å². The minimum Gasteiger partial charge on any atom is -0.480 e. The number of carboxylic acid groups (broad SMARTS) is 1. The molecule has 0 aliphatic rings. The number of hydrogen-bond donors (Lipinski definition) is 1. The second kappa shape index (κ2) is 4.07. The van der Waals surface area contributed by atoms with Gasteiger partial charge in [0.05, 0.1) is 4.92 Å². The van der Waals surface area contributed by atoms with E-state index in [2.05, 4.69) is 5.10 Å². The first-order chi connectivity index (χ1) is 6.93. The molecule has 1 rings (SSSR count). The van der Waals surface area contributed by atoms with E-state index in [4.69, 9.17) is 5.11 Å². The maximum absolute atomic E-state index is 10.6. The van der Waals surface area contributed by atoms with E-state index >= 15 is 0 Å². The number of carbonyl (C=O) groups is 1. The summed E-state index contributed by atoms with van der Waals surface area (Å²) in [5, 5.41) is 22.9. The first kappa shape index (κ1) is 11.2. The van der Waals surface area contributed by atoms with Gasteiger partial charge in [0.2, 0.25) is 0 Å². The zero-order chi connectivity index (χ0) is 11.6. The average Bonchev–Trinajstić information content (AvgIpc) is 2.46. The van der Waals surface area contributed by atoms with Gasteiger partial charge >= 0.3 is 11.7 Å². The maximum atomic E-state index is 10.6. The van der Waals surface area contributed by atoms with Crippen LogP contribution in [0.25, 0.3) is 0 Å². The van der Waals surface area contributed by atoms with Crippen LogP contribution in [0.3, 0.4) is 0 Å². The quantitative estimate of drug-likeness (QED) is 0.594. The molecule has 0 aliphatic heterocycles. The highest BCUT2D eigenvalue weighted by Gasteiger charge is 2.23. The molecule has 0 saturated carbocycles. The molecule has 0 bridgehead atoms. The summed E-state index contributed by atoms with van der Waals surface area (Å²) < 4.78 is 1.14. The van der Waals surface area contributed by atoms with Gasteiger partial charge in [0, 0.05) is 5.92 Å². The van der Waals surface area contributed by atoms with Gasteiger partial charge in [-0.2, -0.15) is 5.10 Å². The molecule has 7 heteroatoms. The van der Waals surface area contributed by atoms with Crippen LogP contribution in [-0.2, 0) is 11.3 Å². The normalized spacial score (nSPS) is 10.6. The zero-order valence-corrected chi connectivity index (χ0v) is 8.38. The summed E-state index contributed by atoms with van der Waals surface area (Å²) in [4.78, 5) is 20.6. The Labute approximate surface area is 85.5 Å². The van der Waals surface area contributed by atoms with Crippen molar-refractivity contribution in [3.05, 3.63) is 22.0 Å². The van der Waals surface area contributed by atoms with Crippen LogP contribution in [-0.4, -0.2) is 25.8 Å². The minimum atomic E-state index is -1.07. The Morgan fingerprint density at radius 2 is 2.33 bits per heavy atom. The average molecular weight is 213 g/mol. The van der Waals surface area contributed by atoms with Crippen molar-refractivity contribution < 1.29 is 14.8 Å². The van der Waals surface area contributed by atoms with Crippen LogP contribution in [0, 0.1) is 10.1 Å². The van der Waals surface area contributed by atoms with E-state index in [-0.39, 0.29) is 18.2 Å². The molecule has 0 fully saturated rings. The molecule has 0 spiro atoms. The first-order valence-corrected chi connectivity index (χ1v) is 4.35. The molecule has 0 aliphatic carbocycles. The van der Waals surface area contributed by atoms with Gasteiger partial charge in [-0.05, 0) is 0 Å². The van der Waals surface area contributed by atoms with Crippen molar-refractivity contribution in [1.82, 2.24) is 9.78 Å². The molecule has 1 heterocycles. The lowest BCUT2D eigenvalue weighted by molar-refractivity contribution is -0.385. The number of nitro groups is 1. The molecule has 1 aromatic rings. The number of hydrogen-bond acceptors (Lipinski definition) is 4. The van der Waals surface area contributed by atoms with Crippen LogP contribution < -0.4 is 0 Å². The maximum Gasteiger partial charge on any atom is 0.325 e. The summed E-state index contributed by atoms with van der Waals surface area (Å²) >= 11 is 0. The van der Waals surface area contributed by atoms with Gasteiger partial charge in [-0.1, -0.05) is 13.8 Å². The Hall–Kier alpha value is -1.92. The van der Waals surface area contributed by atoms with Crippen LogP contribution in [0.4, 0.5) is 5.69 Å². The monoisotopic (exact) mass is 213 g/mol. The van der Waals surface area contributed by atoms with Crippen molar-refractivity contribution in [2.45, 2.75) is 26.3 Å². The Bertz CT molecular complexity index is 397. The van der Waals surface area contributed by atoms with Gasteiger partial charge < -0.3 is 5.11 Å². The molecule has 0 saturated heterocycles. The fourth-order valence-corrected chi connectivity index (χ4v) is 1.37. The SMILES string of the molecule is CC(C)c1c([N+](=O)[O-])cnn1CC(=O)O. The highest BCUT2D eigenvalue weighted by Crippen LogP contribution is 2.25. The van der Waals surface area contributed by atoms with Gasteiger partial charge in [-0.25, -0.2) is 0 Å². The van der Waals surface area contributed by atoms with Gasteiger partial charge in [0.15, 0.2) is 0 Å². The lowest BCUT2D eigenvalue weighted by Crippen LogP contribution is -2.14. The highest BCUT2D eigenvalue weighted by molar-refractivity contribution is 5.66. The van der Waals surface area contributed by atoms with E-state index in [1.54, 1.807) is 13.8 Å². The molecule has 0 radical (unpaired) electrons. The molecule has 1 N–H and O–H groups in total. The minimum absolute atomic E-state index is 0.133. The second-order valence-electron chi connectivity index (χ2n) is 3.38. The predicted molar refractivity (Wildman–Crippen MR) is 50.6 cm³/mol. The molecule has 0 atom stereocenters. The van der Waals surface area contributed by atoms with Crippen LogP contribution in [0.2, 0.25) is 0 Å². The van der Waals surface area contributed by atoms with Gasteiger partial charge in [-0.15, -0.1) is 0 Å². The Kier molecular flexibility index (Phi) is 3.03. The topological polar surface area (TPSA) is 98.3 Å². The van der Waals surface area contributed by atoms with E-state index < -0.39 is 10.9 Å². The molecular weight excluding hydrogens is 202 g/mol. The Morgan fingerprint density at radius 3 is 2.73 bits per heavy atom. The number of nitrogens with zero attached hydrogens (tertiary/aromatic N) is 3. The second-order valence-corrected chi connectivity index (χ2v) is 3.38. The highest BCUT2D eigenvalue weighted by atomic mass is 16.6. The van der Waals surface area contributed by atoms with E-state index in [0.29, 0.717) is 5.69 Å². The van der Waals surface area contributed by atoms with E-state index in [0.717, 1.165) is 10.9 Å². The summed E-state index contributed by atoms with van der Waals surface area (Å²) in [6.07, 6.45) is 1.08. The lowest BCUT2D eigenvalue weighted by Gasteiger charge is -2.06. The smallest absolute Gasteiger partial charge is 0.325 e. The summed E-state index contributed by atoms with van der Waals surface area (Å²) in [5.41, 5.74) is 0.202.